The molecular formula is C34H48F3N3O6. The van der Waals surface area contributed by atoms with Gasteiger partial charge in [0.15, 0.2) is 0 Å². The summed E-state index contributed by atoms with van der Waals surface area (Å²) < 4.78 is 55.8. The number of aliphatic hydroxyl groups is 1. The van der Waals surface area contributed by atoms with E-state index >= 15 is 0 Å². The molecule has 0 fully saturated rings. The second kappa shape index (κ2) is 17.5. The maximum absolute atomic E-state index is 14.2. The van der Waals surface area contributed by atoms with Gasteiger partial charge in [0.05, 0.1) is 44.0 Å². The van der Waals surface area contributed by atoms with Crippen molar-refractivity contribution in [2.45, 2.75) is 83.8 Å². The summed E-state index contributed by atoms with van der Waals surface area (Å²) in [5.74, 6) is -0.280. The number of methoxy groups -OCH3 is 1. The Morgan fingerprint density at radius 1 is 1.17 bits per heavy atom. The van der Waals surface area contributed by atoms with Crippen LogP contribution in [0.25, 0.3) is 0 Å². The van der Waals surface area contributed by atoms with E-state index in [1.807, 2.05) is 45.2 Å². The van der Waals surface area contributed by atoms with E-state index in [1.165, 1.54) is 12.1 Å². The Hall–Kier alpha value is -3.35. The zero-order chi connectivity index (χ0) is 33.9. The Morgan fingerprint density at radius 3 is 2.54 bits per heavy atom. The van der Waals surface area contributed by atoms with Gasteiger partial charge in [0, 0.05) is 44.3 Å². The largest absolute Gasteiger partial charge is 0.497 e. The number of nitrogens with one attached hydrogen (secondary N) is 1. The maximum Gasteiger partial charge on any atom is 0.389 e. The number of hydrogen-bond donors (Lipinski definition) is 2. The van der Waals surface area contributed by atoms with E-state index in [2.05, 4.69) is 10.2 Å². The highest BCUT2D eigenvalue weighted by Crippen LogP contribution is 2.29. The molecule has 12 heteroatoms. The Kier molecular flexibility index (Phi) is 14.1. The highest BCUT2D eigenvalue weighted by molar-refractivity contribution is 5.99. The van der Waals surface area contributed by atoms with Gasteiger partial charge in [-0.05, 0) is 76.1 Å². The van der Waals surface area contributed by atoms with Crippen LogP contribution < -0.4 is 14.8 Å². The van der Waals surface area contributed by atoms with Crippen molar-refractivity contribution in [1.29, 1.82) is 0 Å². The smallest absolute Gasteiger partial charge is 0.389 e. The first-order valence-corrected chi connectivity index (χ1v) is 15.8. The van der Waals surface area contributed by atoms with Gasteiger partial charge in [-0.25, -0.2) is 0 Å². The molecule has 256 valence electrons. The first-order valence-electron chi connectivity index (χ1n) is 15.8. The van der Waals surface area contributed by atoms with Gasteiger partial charge in [0.1, 0.15) is 11.5 Å². The number of amides is 2. The molecule has 0 radical (unpaired) electrons. The molecule has 2 N–H and O–H groups in total. The van der Waals surface area contributed by atoms with Crippen molar-refractivity contribution in [3.8, 4) is 11.5 Å². The average Bonchev–Trinajstić information content (AvgIpc) is 3.01. The van der Waals surface area contributed by atoms with Gasteiger partial charge in [-0.15, -0.1) is 0 Å². The minimum absolute atomic E-state index is 0.132. The molecular weight excluding hydrogens is 603 g/mol. The monoisotopic (exact) mass is 651 g/mol. The summed E-state index contributed by atoms with van der Waals surface area (Å²) in [5.41, 5.74) is 1.45. The van der Waals surface area contributed by atoms with Crippen LogP contribution in [-0.2, 0) is 16.1 Å². The number of likely N-dealkylation sites (N-methyl/N-ethyl adjacent to an activating group) is 1. The SMILES string of the molecule is COc1ccc(CN(C)C[C@H]2OCCCC[C@H](C)Oc3ccc(NC(=O)CCC(F)(F)F)cc3C(=O)N([C@@H](C)CO)C[C@@H]2C)cc1. The van der Waals surface area contributed by atoms with Gasteiger partial charge in [0.2, 0.25) is 5.91 Å². The number of benzene rings is 2. The molecule has 46 heavy (non-hydrogen) atoms. The fourth-order valence-electron chi connectivity index (χ4n) is 5.36. The molecule has 1 aliphatic heterocycles. The lowest BCUT2D eigenvalue weighted by atomic mass is 10.0. The van der Waals surface area contributed by atoms with Crippen molar-refractivity contribution in [3.05, 3.63) is 53.6 Å². The number of carbonyl (C=O) groups is 2. The van der Waals surface area contributed by atoms with E-state index in [1.54, 1.807) is 25.0 Å². The Bertz CT molecular complexity index is 1260. The van der Waals surface area contributed by atoms with Crippen LogP contribution in [0, 0.1) is 5.92 Å². The summed E-state index contributed by atoms with van der Waals surface area (Å²) in [6.45, 7) is 7.47. The van der Waals surface area contributed by atoms with Gasteiger partial charge in [-0.1, -0.05) is 19.1 Å². The number of carbonyl (C=O) groups excluding carboxylic acids is 2. The molecule has 0 saturated heterocycles. The molecule has 0 aromatic heterocycles. The number of anilines is 1. The first-order chi connectivity index (χ1) is 21.8. The van der Waals surface area contributed by atoms with E-state index in [0.717, 1.165) is 24.2 Å². The predicted octanol–water partition coefficient (Wildman–Crippen LogP) is 5.90. The van der Waals surface area contributed by atoms with E-state index in [4.69, 9.17) is 14.2 Å². The predicted molar refractivity (Wildman–Crippen MR) is 170 cm³/mol. The highest BCUT2D eigenvalue weighted by Gasteiger charge is 2.31. The summed E-state index contributed by atoms with van der Waals surface area (Å²) in [5, 5.41) is 12.6. The zero-order valence-electron chi connectivity index (χ0n) is 27.4. The van der Waals surface area contributed by atoms with Gasteiger partial charge in [-0.3, -0.25) is 14.5 Å². The Balaban J connectivity index is 1.87. The summed E-state index contributed by atoms with van der Waals surface area (Å²) in [4.78, 5) is 30.2. The summed E-state index contributed by atoms with van der Waals surface area (Å²) in [6.07, 6.45) is -4.53. The third-order valence-corrected chi connectivity index (χ3v) is 8.07. The molecule has 0 aliphatic carbocycles. The number of halogens is 3. The Labute approximate surface area is 270 Å². The number of hydrogen-bond acceptors (Lipinski definition) is 7. The fourth-order valence-corrected chi connectivity index (χ4v) is 5.36. The quantitative estimate of drug-likeness (QED) is 0.330. The number of aliphatic hydroxyl groups excluding tert-OH is 1. The highest BCUT2D eigenvalue weighted by atomic mass is 19.4. The molecule has 0 unspecified atom stereocenters. The summed E-state index contributed by atoms with van der Waals surface area (Å²) >= 11 is 0. The number of fused-ring (bicyclic) bond motifs is 1. The molecule has 2 aromatic rings. The maximum atomic E-state index is 14.2. The molecule has 1 heterocycles. The first kappa shape index (κ1) is 37.1. The fraction of sp³-hybridized carbons (Fsp3) is 0.588. The van der Waals surface area contributed by atoms with Gasteiger partial charge in [-0.2, -0.15) is 13.2 Å². The minimum Gasteiger partial charge on any atom is -0.497 e. The number of nitrogens with zero attached hydrogens (tertiary/aromatic N) is 2. The van der Waals surface area contributed by atoms with Crippen molar-refractivity contribution >= 4 is 17.5 Å². The van der Waals surface area contributed by atoms with Crippen molar-refractivity contribution in [3.63, 3.8) is 0 Å². The third kappa shape index (κ3) is 11.8. The van der Waals surface area contributed by atoms with Gasteiger partial charge < -0.3 is 29.5 Å². The summed E-state index contributed by atoms with van der Waals surface area (Å²) in [6, 6.07) is 11.8. The van der Waals surface area contributed by atoms with Crippen molar-refractivity contribution in [2.24, 2.45) is 5.92 Å². The van der Waals surface area contributed by atoms with E-state index in [-0.39, 0.29) is 42.5 Å². The van der Waals surface area contributed by atoms with Crippen LogP contribution in [0.3, 0.4) is 0 Å². The molecule has 2 aromatic carbocycles. The number of rotatable bonds is 10. The van der Waals surface area contributed by atoms with Gasteiger partial charge in [0.25, 0.3) is 5.91 Å². The van der Waals surface area contributed by atoms with Gasteiger partial charge >= 0.3 is 6.18 Å². The van der Waals surface area contributed by atoms with Crippen LogP contribution in [0.2, 0.25) is 0 Å². The lowest BCUT2D eigenvalue weighted by Crippen LogP contribution is -2.47. The second-order valence-corrected chi connectivity index (χ2v) is 12.2. The molecule has 0 spiro atoms. The minimum atomic E-state index is -4.46. The molecule has 3 rings (SSSR count). The van der Waals surface area contributed by atoms with Crippen LogP contribution in [0.5, 0.6) is 11.5 Å². The number of alkyl halides is 3. The van der Waals surface area contributed by atoms with E-state index in [0.29, 0.717) is 31.9 Å². The second-order valence-electron chi connectivity index (χ2n) is 12.2. The molecule has 2 amide bonds. The average molecular weight is 652 g/mol. The lowest BCUT2D eigenvalue weighted by Gasteiger charge is -2.36. The van der Waals surface area contributed by atoms with Crippen molar-refractivity contribution < 1.29 is 42.1 Å². The zero-order valence-corrected chi connectivity index (χ0v) is 27.4. The van der Waals surface area contributed by atoms with Crippen LogP contribution in [-0.4, -0.2) is 91.6 Å². The molecule has 4 atom stereocenters. The molecule has 9 nitrogen and oxygen atoms in total. The van der Waals surface area contributed by atoms with Crippen molar-refractivity contribution in [1.82, 2.24) is 9.80 Å². The lowest BCUT2D eigenvalue weighted by molar-refractivity contribution is -0.142. The van der Waals surface area contributed by atoms with Crippen molar-refractivity contribution in [2.75, 3.05) is 45.8 Å². The Morgan fingerprint density at radius 2 is 1.89 bits per heavy atom. The topological polar surface area (TPSA) is 101 Å². The molecule has 1 aliphatic rings. The molecule has 0 saturated carbocycles. The third-order valence-electron chi connectivity index (χ3n) is 8.07. The number of ether oxygens (including phenoxy) is 3. The molecule has 0 bridgehead atoms. The van der Waals surface area contributed by atoms with Crippen LogP contribution >= 0.6 is 0 Å². The van der Waals surface area contributed by atoms with Crippen LogP contribution in [0.4, 0.5) is 18.9 Å². The standard InChI is InChI=1S/C34H48F3N3O6/c1-23-19-40(24(2)22-41)33(43)29-18-27(38-32(42)15-16-34(35,36)37)11-14-30(29)46-25(3)8-6-7-17-45-31(23)21-39(4)20-26-9-12-28(44-5)13-10-26/h9-14,18,23-25,31,41H,6-8,15-17,19-22H2,1-5H3,(H,38,42)/t23-,24-,25-,31+/m0/s1. The normalized spacial score (nSPS) is 20.8. The van der Waals surface area contributed by atoms with E-state index in [9.17, 15) is 27.9 Å². The van der Waals surface area contributed by atoms with Crippen LogP contribution in [0.15, 0.2) is 42.5 Å². The van der Waals surface area contributed by atoms with Crippen LogP contribution in [0.1, 0.15) is 68.8 Å². The summed E-state index contributed by atoms with van der Waals surface area (Å²) in [7, 11) is 3.65. The van der Waals surface area contributed by atoms with E-state index < -0.39 is 36.9 Å².